The van der Waals surface area contributed by atoms with Gasteiger partial charge in [-0.2, -0.15) is 0 Å². The van der Waals surface area contributed by atoms with Gasteiger partial charge in [0.15, 0.2) is 5.96 Å². The Balaban J connectivity index is 1.75. The molecular weight excluding hydrogens is 238 g/mol. The van der Waals surface area contributed by atoms with E-state index in [1.165, 1.54) is 25.7 Å². The molecule has 110 valence electrons. The highest BCUT2D eigenvalue weighted by atomic mass is 16.5. The molecule has 4 heteroatoms. The number of nitrogens with one attached hydrogen (secondary N) is 1. The molecule has 0 aromatic heterocycles. The van der Waals surface area contributed by atoms with Gasteiger partial charge in [-0.15, -0.1) is 0 Å². The summed E-state index contributed by atoms with van der Waals surface area (Å²) < 4.78 is 5.65. The van der Waals surface area contributed by atoms with Crippen LogP contribution < -0.4 is 5.32 Å². The number of nitrogens with zero attached hydrogens (tertiary/aromatic N) is 2. The summed E-state index contributed by atoms with van der Waals surface area (Å²) in [5.41, 5.74) is 0. The fraction of sp³-hybridized carbons (Fsp3) is 0.933. The van der Waals surface area contributed by atoms with Gasteiger partial charge < -0.3 is 15.0 Å². The molecule has 2 atom stereocenters. The van der Waals surface area contributed by atoms with Crippen LogP contribution in [0.2, 0.25) is 0 Å². The number of rotatable bonds is 4. The van der Waals surface area contributed by atoms with Crippen molar-refractivity contribution in [1.82, 2.24) is 10.2 Å². The Hall–Kier alpha value is -0.770. The van der Waals surface area contributed by atoms with Gasteiger partial charge in [0.05, 0.1) is 6.10 Å². The van der Waals surface area contributed by atoms with Gasteiger partial charge in [-0.3, -0.25) is 4.99 Å². The van der Waals surface area contributed by atoms with Crippen molar-refractivity contribution in [3.05, 3.63) is 0 Å². The van der Waals surface area contributed by atoms with Crippen LogP contribution >= 0.6 is 0 Å². The molecular formula is C15H29N3O. The lowest BCUT2D eigenvalue weighted by molar-refractivity contribution is 0.113. The van der Waals surface area contributed by atoms with Gasteiger partial charge in [0, 0.05) is 33.3 Å². The summed E-state index contributed by atoms with van der Waals surface area (Å²) in [4.78, 5) is 6.83. The largest absolute Gasteiger partial charge is 0.376 e. The van der Waals surface area contributed by atoms with Gasteiger partial charge in [0.25, 0.3) is 0 Å². The maximum atomic E-state index is 5.65. The average molecular weight is 267 g/mol. The minimum Gasteiger partial charge on any atom is -0.376 e. The molecule has 0 aromatic rings. The van der Waals surface area contributed by atoms with Crippen molar-refractivity contribution in [1.29, 1.82) is 0 Å². The van der Waals surface area contributed by atoms with E-state index >= 15 is 0 Å². The van der Waals surface area contributed by atoms with Crippen LogP contribution in [-0.2, 0) is 4.74 Å². The highest BCUT2D eigenvalue weighted by Crippen LogP contribution is 2.23. The third-order valence-corrected chi connectivity index (χ3v) is 4.11. The zero-order chi connectivity index (χ0) is 13.7. The smallest absolute Gasteiger partial charge is 0.193 e. The third-order valence-electron chi connectivity index (χ3n) is 4.11. The number of hydrogen-bond donors (Lipinski definition) is 1. The minimum absolute atomic E-state index is 0.380. The van der Waals surface area contributed by atoms with E-state index in [0.717, 1.165) is 44.0 Å². The Morgan fingerprint density at radius 1 is 1.42 bits per heavy atom. The molecule has 2 rings (SSSR count). The molecule has 0 amide bonds. The lowest BCUT2D eigenvalue weighted by Gasteiger charge is -2.23. The summed E-state index contributed by atoms with van der Waals surface area (Å²) in [6, 6.07) is 0. The Morgan fingerprint density at radius 2 is 2.26 bits per heavy atom. The van der Waals surface area contributed by atoms with Crippen LogP contribution in [0.15, 0.2) is 4.99 Å². The molecule has 0 aliphatic carbocycles. The van der Waals surface area contributed by atoms with Crippen LogP contribution in [0.1, 0.15) is 39.5 Å². The lowest BCUT2D eigenvalue weighted by atomic mass is 9.97. The van der Waals surface area contributed by atoms with E-state index in [1.54, 1.807) is 0 Å². The predicted octanol–water partition coefficient (Wildman–Crippen LogP) is 2.11. The Morgan fingerprint density at radius 3 is 2.89 bits per heavy atom. The predicted molar refractivity (Wildman–Crippen MR) is 79.5 cm³/mol. The molecule has 2 fully saturated rings. The van der Waals surface area contributed by atoms with Crippen LogP contribution in [0, 0.1) is 11.8 Å². The Labute approximate surface area is 117 Å². The zero-order valence-corrected chi connectivity index (χ0v) is 12.7. The van der Waals surface area contributed by atoms with Crippen molar-refractivity contribution in [3.63, 3.8) is 0 Å². The monoisotopic (exact) mass is 267 g/mol. The highest BCUT2D eigenvalue weighted by Gasteiger charge is 2.26. The van der Waals surface area contributed by atoms with E-state index in [1.807, 2.05) is 7.05 Å². The van der Waals surface area contributed by atoms with Gasteiger partial charge in [-0.25, -0.2) is 0 Å². The molecule has 0 spiro atoms. The van der Waals surface area contributed by atoms with E-state index in [-0.39, 0.29) is 0 Å². The molecule has 2 aliphatic heterocycles. The first-order valence-corrected chi connectivity index (χ1v) is 7.76. The first-order valence-electron chi connectivity index (χ1n) is 7.76. The van der Waals surface area contributed by atoms with Crippen molar-refractivity contribution in [2.45, 2.75) is 45.6 Å². The minimum atomic E-state index is 0.380. The molecule has 2 unspecified atom stereocenters. The molecule has 0 radical (unpaired) electrons. The van der Waals surface area contributed by atoms with Crippen molar-refractivity contribution in [2.24, 2.45) is 16.8 Å². The van der Waals surface area contributed by atoms with E-state index in [0.29, 0.717) is 6.10 Å². The van der Waals surface area contributed by atoms with Crippen molar-refractivity contribution < 1.29 is 4.74 Å². The van der Waals surface area contributed by atoms with Crippen molar-refractivity contribution in [3.8, 4) is 0 Å². The lowest BCUT2D eigenvalue weighted by Crippen LogP contribution is -2.43. The molecule has 0 aromatic carbocycles. The van der Waals surface area contributed by atoms with Crippen LogP contribution in [0.25, 0.3) is 0 Å². The van der Waals surface area contributed by atoms with Crippen LogP contribution in [-0.4, -0.2) is 50.3 Å². The molecule has 1 N–H and O–H groups in total. The highest BCUT2D eigenvalue weighted by molar-refractivity contribution is 5.80. The van der Waals surface area contributed by atoms with Crippen LogP contribution in [0.3, 0.4) is 0 Å². The summed E-state index contributed by atoms with van der Waals surface area (Å²) in [6.45, 7) is 8.75. The van der Waals surface area contributed by atoms with Gasteiger partial charge >= 0.3 is 0 Å². The second-order valence-electron chi connectivity index (χ2n) is 6.29. The molecule has 2 saturated heterocycles. The standard InChI is InChI=1S/C15H29N3O/c1-12(2)9-13-6-7-18(11-13)15(16-3)17-10-14-5-4-8-19-14/h12-14H,4-11H2,1-3H3,(H,16,17). The quantitative estimate of drug-likeness (QED) is 0.626. The van der Waals surface area contributed by atoms with E-state index < -0.39 is 0 Å². The van der Waals surface area contributed by atoms with Gasteiger partial charge in [0.2, 0.25) is 0 Å². The van der Waals surface area contributed by atoms with Gasteiger partial charge in [-0.1, -0.05) is 13.8 Å². The fourth-order valence-corrected chi connectivity index (χ4v) is 3.23. The maximum Gasteiger partial charge on any atom is 0.193 e. The van der Waals surface area contributed by atoms with Gasteiger partial charge in [0.1, 0.15) is 0 Å². The van der Waals surface area contributed by atoms with E-state index in [4.69, 9.17) is 4.74 Å². The van der Waals surface area contributed by atoms with Gasteiger partial charge in [-0.05, 0) is 37.5 Å². The third kappa shape index (κ3) is 4.37. The molecule has 2 aliphatic rings. The number of likely N-dealkylation sites (tertiary alicyclic amines) is 1. The SMILES string of the molecule is CN=C(NCC1CCCO1)N1CCC(CC(C)C)C1. The summed E-state index contributed by atoms with van der Waals surface area (Å²) in [5, 5.41) is 3.48. The summed E-state index contributed by atoms with van der Waals surface area (Å²) in [7, 11) is 1.88. The number of hydrogen-bond acceptors (Lipinski definition) is 2. The number of ether oxygens (including phenoxy) is 1. The molecule has 0 bridgehead atoms. The fourth-order valence-electron chi connectivity index (χ4n) is 3.23. The van der Waals surface area contributed by atoms with Crippen LogP contribution in [0.5, 0.6) is 0 Å². The number of guanidine groups is 1. The summed E-state index contributed by atoms with van der Waals surface area (Å²) >= 11 is 0. The second-order valence-corrected chi connectivity index (χ2v) is 6.29. The van der Waals surface area contributed by atoms with Crippen molar-refractivity contribution in [2.75, 3.05) is 33.3 Å². The molecule has 2 heterocycles. The van der Waals surface area contributed by atoms with Crippen LogP contribution in [0.4, 0.5) is 0 Å². The second kappa shape index (κ2) is 7.13. The summed E-state index contributed by atoms with van der Waals surface area (Å²) in [5.74, 6) is 2.69. The molecule has 0 saturated carbocycles. The molecule has 4 nitrogen and oxygen atoms in total. The number of aliphatic imine (C=N–C) groups is 1. The molecule has 19 heavy (non-hydrogen) atoms. The normalized spacial score (nSPS) is 28.4. The van der Waals surface area contributed by atoms with Crippen molar-refractivity contribution >= 4 is 5.96 Å². The zero-order valence-electron chi connectivity index (χ0n) is 12.7. The van der Waals surface area contributed by atoms with E-state index in [2.05, 4.69) is 29.1 Å². The maximum absolute atomic E-state index is 5.65. The summed E-state index contributed by atoms with van der Waals surface area (Å²) in [6.07, 6.45) is 5.40. The first kappa shape index (κ1) is 14.6. The first-order chi connectivity index (χ1) is 9.19. The average Bonchev–Trinajstić information content (AvgIpc) is 3.01. The Kier molecular flexibility index (Phi) is 5.49. The topological polar surface area (TPSA) is 36.9 Å². The van der Waals surface area contributed by atoms with E-state index in [9.17, 15) is 0 Å². The Bertz CT molecular complexity index is 298.